The van der Waals surface area contributed by atoms with Gasteiger partial charge in [0.1, 0.15) is 5.75 Å². The van der Waals surface area contributed by atoms with Crippen molar-refractivity contribution in [1.82, 2.24) is 0 Å². The van der Waals surface area contributed by atoms with Gasteiger partial charge in [-0.25, -0.2) is 0 Å². The molecule has 1 aromatic carbocycles. The molecule has 1 nitrogen and oxygen atoms in total. The summed E-state index contributed by atoms with van der Waals surface area (Å²) in [5.74, 6) is 1.70. The van der Waals surface area contributed by atoms with Crippen LogP contribution in [-0.4, -0.2) is 12.9 Å². The summed E-state index contributed by atoms with van der Waals surface area (Å²) in [5, 5.41) is 0.779. The van der Waals surface area contributed by atoms with E-state index in [1.807, 2.05) is 18.2 Å². The van der Waals surface area contributed by atoms with Gasteiger partial charge in [0.25, 0.3) is 0 Å². The molecule has 72 valence electrons. The smallest absolute Gasteiger partial charge is 0.120 e. The topological polar surface area (TPSA) is 9.23 Å². The van der Waals surface area contributed by atoms with Crippen LogP contribution in [0.3, 0.4) is 0 Å². The van der Waals surface area contributed by atoms with Crippen LogP contribution < -0.4 is 4.74 Å². The largest absolute Gasteiger partial charge is 0.497 e. The fraction of sp³-hybridized carbons (Fsp3) is 0.400. The Morgan fingerprint density at radius 3 is 2.77 bits per heavy atom. The molecule has 1 rings (SSSR count). The number of ether oxygens (including phenoxy) is 1. The summed E-state index contributed by atoms with van der Waals surface area (Å²) in [5.41, 5.74) is 1.16. The van der Waals surface area contributed by atoms with Gasteiger partial charge in [0.05, 0.1) is 7.11 Å². The van der Waals surface area contributed by atoms with Crippen molar-refractivity contribution in [3.63, 3.8) is 0 Å². The zero-order chi connectivity index (χ0) is 9.68. The van der Waals surface area contributed by atoms with Crippen LogP contribution in [0.2, 0.25) is 5.02 Å². The van der Waals surface area contributed by atoms with Crippen molar-refractivity contribution >= 4 is 24.2 Å². The fourth-order valence-electron chi connectivity index (χ4n) is 1.13. The van der Waals surface area contributed by atoms with Crippen LogP contribution >= 0.6 is 24.2 Å². The van der Waals surface area contributed by atoms with E-state index < -0.39 is 0 Å². The first-order valence-corrected chi connectivity index (χ1v) is 5.22. The summed E-state index contributed by atoms with van der Waals surface area (Å²) in [6.45, 7) is 0. The number of hydrogen-bond acceptors (Lipinski definition) is 2. The molecule has 0 amide bonds. The van der Waals surface area contributed by atoms with Gasteiger partial charge in [-0.15, -0.1) is 0 Å². The molecule has 1 aromatic rings. The highest BCUT2D eigenvalue weighted by atomic mass is 35.5. The standard InChI is InChI=1S/C10H13ClOS/c1-12-9-5-4-8(3-2-6-13)10(11)7-9/h4-5,7,13H,2-3,6H2,1H3. The molecular weight excluding hydrogens is 204 g/mol. The predicted octanol–water partition coefficient (Wildman–Crippen LogP) is 3.21. The summed E-state index contributed by atoms with van der Waals surface area (Å²) in [6.07, 6.45) is 2.03. The minimum atomic E-state index is 0.779. The third-order valence-corrected chi connectivity index (χ3v) is 2.53. The van der Waals surface area contributed by atoms with E-state index in [4.69, 9.17) is 16.3 Å². The number of benzene rings is 1. The number of halogens is 1. The summed E-state index contributed by atoms with van der Waals surface area (Å²) in [4.78, 5) is 0. The summed E-state index contributed by atoms with van der Waals surface area (Å²) < 4.78 is 5.05. The minimum absolute atomic E-state index is 0.779. The molecule has 0 aliphatic carbocycles. The average Bonchev–Trinajstić information content (AvgIpc) is 2.16. The first kappa shape index (κ1) is 10.7. The van der Waals surface area contributed by atoms with E-state index >= 15 is 0 Å². The van der Waals surface area contributed by atoms with E-state index in [1.54, 1.807) is 7.11 Å². The van der Waals surface area contributed by atoms with Gasteiger partial charge in [-0.3, -0.25) is 0 Å². The summed E-state index contributed by atoms with van der Waals surface area (Å²) in [7, 11) is 1.64. The highest BCUT2D eigenvalue weighted by Gasteiger charge is 2.01. The van der Waals surface area contributed by atoms with Crippen molar-refractivity contribution in [1.29, 1.82) is 0 Å². The summed E-state index contributed by atoms with van der Waals surface area (Å²) >= 11 is 10.2. The highest BCUT2D eigenvalue weighted by Crippen LogP contribution is 2.23. The molecular formula is C10H13ClOS. The maximum Gasteiger partial charge on any atom is 0.120 e. The van der Waals surface area contributed by atoms with Crippen LogP contribution in [0.15, 0.2) is 18.2 Å². The molecule has 0 unspecified atom stereocenters. The number of methoxy groups -OCH3 is 1. The molecule has 0 aromatic heterocycles. The van der Waals surface area contributed by atoms with Crippen molar-refractivity contribution in [2.24, 2.45) is 0 Å². The Kier molecular flexibility index (Phi) is 4.46. The normalized spacial score (nSPS) is 10.1. The molecule has 0 N–H and O–H groups in total. The van der Waals surface area contributed by atoms with Gasteiger partial charge in [0.2, 0.25) is 0 Å². The molecule has 0 spiro atoms. The second kappa shape index (κ2) is 5.40. The van der Waals surface area contributed by atoms with Gasteiger partial charge in [0, 0.05) is 5.02 Å². The zero-order valence-corrected chi connectivity index (χ0v) is 9.24. The minimum Gasteiger partial charge on any atom is -0.497 e. The molecule has 0 atom stereocenters. The molecule has 0 bridgehead atoms. The Morgan fingerprint density at radius 1 is 1.46 bits per heavy atom. The van der Waals surface area contributed by atoms with Crippen LogP contribution in [-0.2, 0) is 6.42 Å². The lowest BCUT2D eigenvalue weighted by atomic mass is 10.1. The van der Waals surface area contributed by atoms with E-state index in [1.165, 1.54) is 0 Å². The predicted molar refractivity (Wildman–Crippen MR) is 60.2 cm³/mol. The molecule has 0 aliphatic heterocycles. The molecule has 0 fully saturated rings. The molecule has 0 aliphatic rings. The van der Waals surface area contributed by atoms with E-state index in [0.717, 1.165) is 34.9 Å². The third kappa shape index (κ3) is 3.12. The van der Waals surface area contributed by atoms with Crippen molar-refractivity contribution < 1.29 is 4.74 Å². The maximum absolute atomic E-state index is 6.04. The number of thiol groups is 1. The van der Waals surface area contributed by atoms with Crippen LogP contribution in [0.4, 0.5) is 0 Å². The van der Waals surface area contributed by atoms with Gasteiger partial charge < -0.3 is 4.74 Å². The number of aryl methyl sites for hydroxylation is 1. The van der Waals surface area contributed by atoms with Crippen molar-refractivity contribution in [2.75, 3.05) is 12.9 Å². The Bertz CT molecular complexity index is 276. The van der Waals surface area contributed by atoms with E-state index in [-0.39, 0.29) is 0 Å². The van der Waals surface area contributed by atoms with Crippen molar-refractivity contribution in [3.05, 3.63) is 28.8 Å². The van der Waals surface area contributed by atoms with E-state index in [2.05, 4.69) is 12.6 Å². The summed E-state index contributed by atoms with van der Waals surface area (Å²) in [6, 6.07) is 5.78. The molecule has 0 saturated carbocycles. The first-order chi connectivity index (χ1) is 6.27. The van der Waals surface area contributed by atoms with E-state index in [0.29, 0.717) is 0 Å². The Morgan fingerprint density at radius 2 is 2.23 bits per heavy atom. The Labute approximate surface area is 89.5 Å². The first-order valence-electron chi connectivity index (χ1n) is 4.21. The van der Waals surface area contributed by atoms with Crippen LogP contribution in [0.5, 0.6) is 5.75 Å². The van der Waals surface area contributed by atoms with Gasteiger partial charge in [0.15, 0.2) is 0 Å². The van der Waals surface area contributed by atoms with Crippen LogP contribution in [0, 0.1) is 0 Å². The van der Waals surface area contributed by atoms with Gasteiger partial charge in [-0.2, -0.15) is 12.6 Å². The molecule has 13 heavy (non-hydrogen) atoms. The lowest BCUT2D eigenvalue weighted by molar-refractivity contribution is 0.414. The second-order valence-corrected chi connectivity index (χ2v) is 3.64. The molecule has 0 saturated heterocycles. The fourth-order valence-corrected chi connectivity index (χ4v) is 1.55. The number of rotatable bonds is 4. The van der Waals surface area contributed by atoms with E-state index in [9.17, 15) is 0 Å². The van der Waals surface area contributed by atoms with Crippen LogP contribution in [0.25, 0.3) is 0 Å². The SMILES string of the molecule is COc1ccc(CCCS)c(Cl)c1. The molecule has 3 heteroatoms. The van der Waals surface area contributed by atoms with Crippen molar-refractivity contribution in [2.45, 2.75) is 12.8 Å². The quantitative estimate of drug-likeness (QED) is 0.761. The van der Waals surface area contributed by atoms with Gasteiger partial charge in [-0.05, 0) is 36.3 Å². The van der Waals surface area contributed by atoms with Gasteiger partial charge >= 0.3 is 0 Å². The van der Waals surface area contributed by atoms with Gasteiger partial charge in [-0.1, -0.05) is 17.7 Å². The Hall–Kier alpha value is -0.340. The lowest BCUT2D eigenvalue weighted by Gasteiger charge is -2.05. The highest BCUT2D eigenvalue weighted by molar-refractivity contribution is 7.80. The molecule has 0 radical (unpaired) electrons. The Balaban J connectivity index is 2.73. The van der Waals surface area contributed by atoms with Crippen molar-refractivity contribution in [3.8, 4) is 5.75 Å². The third-order valence-electron chi connectivity index (χ3n) is 1.86. The maximum atomic E-state index is 6.04. The second-order valence-electron chi connectivity index (χ2n) is 2.78. The lowest BCUT2D eigenvalue weighted by Crippen LogP contribution is -1.89. The molecule has 0 heterocycles. The monoisotopic (exact) mass is 216 g/mol. The van der Waals surface area contributed by atoms with Crippen LogP contribution in [0.1, 0.15) is 12.0 Å². The average molecular weight is 217 g/mol. The zero-order valence-electron chi connectivity index (χ0n) is 7.59. The number of hydrogen-bond donors (Lipinski definition) is 1.